The summed E-state index contributed by atoms with van der Waals surface area (Å²) in [5.74, 6) is 1.06. The number of carboxylic acids is 1. The van der Waals surface area contributed by atoms with Gasteiger partial charge >= 0.3 is 12.0 Å². The Bertz CT molecular complexity index is 740. The highest BCUT2D eigenvalue weighted by Gasteiger charge is 2.19. The van der Waals surface area contributed by atoms with Crippen molar-refractivity contribution in [3.05, 3.63) is 17.2 Å². The topological polar surface area (TPSA) is 95.4 Å². The summed E-state index contributed by atoms with van der Waals surface area (Å²) in [5.41, 5.74) is 1.30. The predicted molar refractivity (Wildman–Crippen MR) is 79.5 cm³/mol. The van der Waals surface area contributed by atoms with Crippen LogP contribution in [0.15, 0.2) is 12.1 Å². The number of aromatic nitrogens is 2. The number of carboxylic acid groups (broad SMARTS) is 1. The Morgan fingerprint density at radius 2 is 2.24 bits per heavy atom. The monoisotopic (exact) mass is 324 g/mol. The van der Waals surface area contributed by atoms with Crippen molar-refractivity contribution in [3.63, 3.8) is 0 Å². The highest BCUT2D eigenvalue weighted by atomic mass is 35.5. The van der Waals surface area contributed by atoms with Crippen LogP contribution < -0.4 is 5.32 Å². The molecule has 0 aliphatic rings. The second-order valence-corrected chi connectivity index (χ2v) is 4.87. The highest BCUT2D eigenvalue weighted by molar-refractivity contribution is 7.00. The Labute approximate surface area is 128 Å². The van der Waals surface area contributed by atoms with Crippen molar-refractivity contribution in [2.45, 2.75) is 0 Å². The molecule has 1 aromatic carbocycles. The van der Waals surface area contributed by atoms with E-state index in [1.807, 2.05) is 0 Å². The number of nitrogens with zero attached hydrogens (tertiary/aromatic N) is 3. The number of amides is 2. The summed E-state index contributed by atoms with van der Waals surface area (Å²) in [7, 11) is 0. The number of aliphatic carboxylic acids is 1. The summed E-state index contributed by atoms with van der Waals surface area (Å²) < 4.78 is 8.09. The maximum atomic E-state index is 12.1. The lowest BCUT2D eigenvalue weighted by molar-refractivity contribution is -0.137. The molecule has 21 heavy (non-hydrogen) atoms. The molecule has 0 bridgehead atoms. The number of carbonyl (C=O) groups is 2. The average molecular weight is 325 g/mol. The van der Waals surface area contributed by atoms with Gasteiger partial charge in [-0.15, -0.1) is 6.42 Å². The smallest absolute Gasteiger partial charge is 0.323 e. The van der Waals surface area contributed by atoms with Gasteiger partial charge in [0, 0.05) is 0 Å². The molecular formula is C12H9ClN4O3S. The number of halogens is 1. The molecular weight excluding hydrogens is 316 g/mol. The maximum absolute atomic E-state index is 12.1. The van der Waals surface area contributed by atoms with Gasteiger partial charge in [-0.2, -0.15) is 8.75 Å². The van der Waals surface area contributed by atoms with Gasteiger partial charge in [-0.25, -0.2) is 4.79 Å². The van der Waals surface area contributed by atoms with Crippen molar-refractivity contribution in [2.75, 3.05) is 18.4 Å². The second-order valence-electron chi connectivity index (χ2n) is 3.94. The Morgan fingerprint density at radius 3 is 2.90 bits per heavy atom. The van der Waals surface area contributed by atoms with Gasteiger partial charge in [-0.3, -0.25) is 4.79 Å². The minimum Gasteiger partial charge on any atom is -0.480 e. The molecule has 0 spiro atoms. The fourth-order valence-electron chi connectivity index (χ4n) is 1.60. The number of benzene rings is 1. The zero-order valence-corrected chi connectivity index (χ0v) is 12.1. The van der Waals surface area contributed by atoms with Crippen molar-refractivity contribution < 1.29 is 14.7 Å². The standard InChI is InChI=1S/C12H9ClN4O3S/c1-2-5-17(6-9(18)19)12(20)14-10-7(13)3-4-8-11(10)16-21-15-8/h1,3-4H,5-6H2,(H,14,20)(H,18,19). The summed E-state index contributed by atoms with van der Waals surface area (Å²) in [4.78, 5) is 23.8. The van der Waals surface area contributed by atoms with E-state index in [0.29, 0.717) is 11.0 Å². The van der Waals surface area contributed by atoms with E-state index in [-0.39, 0.29) is 17.3 Å². The largest absolute Gasteiger partial charge is 0.480 e. The van der Waals surface area contributed by atoms with E-state index in [1.165, 1.54) is 0 Å². The van der Waals surface area contributed by atoms with Crippen LogP contribution in [0.4, 0.5) is 10.5 Å². The normalized spacial score (nSPS) is 10.1. The third-order valence-electron chi connectivity index (χ3n) is 2.50. The van der Waals surface area contributed by atoms with Crippen LogP contribution in [0.2, 0.25) is 5.02 Å². The predicted octanol–water partition coefficient (Wildman–Crippen LogP) is 1.90. The molecule has 2 amide bonds. The van der Waals surface area contributed by atoms with E-state index < -0.39 is 18.5 Å². The zero-order valence-electron chi connectivity index (χ0n) is 10.5. The number of terminal acetylenes is 1. The molecule has 1 heterocycles. The Balaban J connectivity index is 2.28. The second kappa shape index (κ2) is 6.39. The lowest BCUT2D eigenvalue weighted by Crippen LogP contribution is -2.39. The third-order valence-corrected chi connectivity index (χ3v) is 3.36. The van der Waals surface area contributed by atoms with Crippen LogP contribution in [0.5, 0.6) is 0 Å². The fourth-order valence-corrected chi connectivity index (χ4v) is 2.35. The van der Waals surface area contributed by atoms with E-state index in [2.05, 4.69) is 20.0 Å². The van der Waals surface area contributed by atoms with Crippen LogP contribution in [0.1, 0.15) is 0 Å². The number of nitrogens with one attached hydrogen (secondary N) is 1. The summed E-state index contributed by atoms with van der Waals surface area (Å²) in [6.07, 6.45) is 5.13. The van der Waals surface area contributed by atoms with Gasteiger partial charge in [0.25, 0.3) is 0 Å². The number of rotatable bonds is 4. The molecule has 0 unspecified atom stereocenters. The van der Waals surface area contributed by atoms with Gasteiger partial charge in [-0.1, -0.05) is 17.5 Å². The zero-order chi connectivity index (χ0) is 15.4. The minimum absolute atomic E-state index is 0.138. The van der Waals surface area contributed by atoms with Crippen LogP contribution in [0.25, 0.3) is 11.0 Å². The summed E-state index contributed by atoms with van der Waals surface area (Å²) in [5, 5.41) is 11.6. The molecule has 1 aromatic heterocycles. The molecule has 2 aromatic rings. The Kier molecular flexibility index (Phi) is 4.57. The lowest BCUT2D eigenvalue weighted by atomic mass is 10.2. The minimum atomic E-state index is -1.17. The number of hydrogen-bond donors (Lipinski definition) is 2. The molecule has 0 fully saturated rings. The lowest BCUT2D eigenvalue weighted by Gasteiger charge is -2.19. The number of urea groups is 1. The molecule has 0 aliphatic carbocycles. The van der Waals surface area contributed by atoms with Gasteiger partial charge in [-0.05, 0) is 12.1 Å². The van der Waals surface area contributed by atoms with E-state index in [1.54, 1.807) is 12.1 Å². The molecule has 108 valence electrons. The molecule has 0 saturated heterocycles. The molecule has 9 heteroatoms. The van der Waals surface area contributed by atoms with Crippen molar-refractivity contribution in [2.24, 2.45) is 0 Å². The molecule has 0 atom stereocenters. The molecule has 0 aliphatic heterocycles. The first-order valence-electron chi connectivity index (χ1n) is 5.65. The highest BCUT2D eigenvalue weighted by Crippen LogP contribution is 2.30. The molecule has 0 saturated carbocycles. The van der Waals surface area contributed by atoms with Crippen LogP contribution in [0, 0.1) is 12.3 Å². The van der Waals surface area contributed by atoms with E-state index in [4.69, 9.17) is 23.1 Å². The third kappa shape index (κ3) is 3.39. The van der Waals surface area contributed by atoms with E-state index >= 15 is 0 Å². The van der Waals surface area contributed by atoms with Crippen molar-refractivity contribution in [1.29, 1.82) is 0 Å². The number of carbonyl (C=O) groups excluding carboxylic acids is 1. The van der Waals surface area contributed by atoms with Crippen molar-refractivity contribution in [1.82, 2.24) is 13.6 Å². The van der Waals surface area contributed by atoms with Crippen molar-refractivity contribution >= 4 is 52.1 Å². The maximum Gasteiger partial charge on any atom is 0.323 e. The van der Waals surface area contributed by atoms with Crippen LogP contribution in [0.3, 0.4) is 0 Å². The van der Waals surface area contributed by atoms with Crippen LogP contribution in [-0.2, 0) is 4.79 Å². The van der Waals surface area contributed by atoms with E-state index in [0.717, 1.165) is 16.6 Å². The van der Waals surface area contributed by atoms with Gasteiger partial charge < -0.3 is 15.3 Å². The van der Waals surface area contributed by atoms with Gasteiger partial charge in [0.15, 0.2) is 0 Å². The quantitative estimate of drug-likeness (QED) is 0.837. The van der Waals surface area contributed by atoms with Crippen LogP contribution >= 0.6 is 23.3 Å². The fraction of sp³-hybridized carbons (Fsp3) is 0.167. The number of hydrogen-bond acceptors (Lipinski definition) is 5. The van der Waals surface area contributed by atoms with Gasteiger partial charge in [0.05, 0.1) is 29.0 Å². The molecule has 2 N–H and O–H groups in total. The summed E-state index contributed by atoms with van der Waals surface area (Å²) >= 11 is 7.02. The van der Waals surface area contributed by atoms with Crippen molar-refractivity contribution in [3.8, 4) is 12.3 Å². The van der Waals surface area contributed by atoms with Gasteiger partial charge in [0.1, 0.15) is 17.6 Å². The SMILES string of the molecule is C#CCN(CC(=O)O)C(=O)Nc1c(Cl)ccc2nsnc12. The molecule has 2 rings (SSSR count). The average Bonchev–Trinajstić information content (AvgIpc) is 2.89. The first-order chi connectivity index (χ1) is 10.0. The summed E-state index contributed by atoms with van der Waals surface area (Å²) in [6, 6.07) is 2.58. The van der Waals surface area contributed by atoms with Gasteiger partial charge in [0.2, 0.25) is 0 Å². The number of anilines is 1. The van der Waals surface area contributed by atoms with Crippen LogP contribution in [-0.4, -0.2) is 43.8 Å². The van der Waals surface area contributed by atoms with E-state index in [9.17, 15) is 9.59 Å². The Morgan fingerprint density at radius 1 is 1.48 bits per heavy atom. The molecule has 0 radical (unpaired) electrons. The molecule has 7 nitrogen and oxygen atoms in total. The first-order valence-corrected chi connectivity index (χ1v) is 6.75. The number of fused-ring (bicyclic) bond motifs is 1. The first kappa shape index (κ1) is 15.0. The summed E-state index contributed by atoms with van der Waals surface area (Å²) in [6.45, 7) is -0.653. The Hall–Kier alpha value is -2.37.